The normalized spacial score (nSPS) is 12.9. The Kier molecular flexibility index (Phi) is 16.3. The maximum atomic E-state index is 2.56. The van der Waals surface area contributed by atoms with E-state index in [-0.39, 0.29) is 10.8 Å². The van der Waals surface area contributed by atoms with E-state index in [0.717, 1.165) is 67.5 Å². The van der Waals surface area contributed by atoms with Crippen molar-refractivity contribution in [1.82, 2.24) is 0 Å². The van der Waals surface area contributed by atoms with Crippen LogP contribution in [0.1, 0.15) is 49.9 Å². The molecular formula is C112H80N2. The molecule has 0 spiro atoms. The number of hydrogen-bond acceptors (Lipinski definition) is 2. The van der Waals surface area contributed by atoms with Crippen LogP contribution < -0.4 is 9.80 Å². The summed E-state index contributed by atoms with van der Waals surface area (Å²) in [4.78, 5) is 5.12. The van der Waals surface area contributed by atoms with Gasteiger partial charge in [0, 0.05) is 55.5 Å². The number of rotatable bonds is 14. The SMILES string of the molecule is CC1(C)c2cc(-c3ccccc3)ccc2-c2ccc(N(c3ccc(-c4ccc(-c5cccc(-c6c(N(c7ccc(-c8ccccc8)cc7)c7ccc8c(c7)C(C)(C)c7cc(-c9ccccc9)ccc7-8)c7ccccc7c7ccccc67)c5)cc4)cc3)c3c(-c4cccc(-c5ccccc5)c4)c4ccccc4c4ccccc34)cc21. The summed E-state index contributed by atoms with van der Waals surface area (Å²) in [6.45, 7) is 9.62. The van der Waals surface area contributed by atoms with Crippen molar-refractivity contribution in [3.63, 3.8) is 0 Å². The molecule has 0 aliphatic heterocycles. The molecule has 0 saturated carbocycles. The molecule has 2 nitrogen and oxygen atoms in total. The second kappa shape index (κ2) is 27.4. The molecule has 19 aromatic carbocycles. The van der Waals surface area contributed by atoms with Crippen molar-refractivity contribution in [2.75, 3.05) is 9.80 Å². The Balaban J connectivity index is 0.686. The van der Waals surface area contributed by atoms with E-state index in [4.69, 9.17) is 0 Å². The first kappa shape index (κ1) is 67.9. The second-order valence-corrected chi connectivity index (χ2v) is 31.8. The molecule has 0 bridgehead atoms. The highest BCUT2D eigenvalue weighted by Gasteiger charge is 2.39. The zero-order chi connectivity index (χ0) is 76.2. The standard InChI is InChI=1S/C112H80N2/c1-111(2)103-69-83(75-31-13-7-14-32-75)55-63-95(103)97-65-61-89(71-105(97)111)113(87-57-51-78(52-58-87)73-27-9-5-10-28-73)110-102-46-24-20-42-94(102)92-40-18-22-44-100(92)108(110)86-38-26-36-82(68-86)80-49-47-77(48-50-80)79-53-59-88(60-54-79)114(90-62-66-98-96-64-56-84(76-33-15-8-16-34-76)70-104(96)112(3,4)106(98)72-90)109-101-45-23-19-41-93(101)91-39-17-21-43-99(91)107(109)85-37-25-35-81(67-85)74-29-11-6-12-30-74/h5-72H,1-4H3. The van der Waals surface area contributed by atoms with Crippen molar-refractivity contribution in [2.24, 2.45) is 0 Å². The molecule has 21 rings (SSSR count). The molecular weight excluding hydrogens is 1370 g/mol. The van der Waals surface area contributed by atoms with Gasteiger partial charge < -0.3 is 9.80 Å². The predicted octanol–water partition coefficient (Wildman–Crippen LogP) is 31.2. The van der Waals surface area contributed by atoms with Crippen molar-refractivity contribution in [1.29, 1.82) is 0 Å². The zero-order valence-electron chi connectivity index (χ0n) is 64.2. The molecule has 2 heteroatoms. The van der Waals surface area contributed by atoms with Crippen LogP contribution in [0, 0.1) is 0 Å². The van der Waals surface area contributed by atoms with Gasteiger partial charge in [-0.1, -0.05) is 367 Å². The van der Waals surface area contributed by atoms with Crippen LogP contribution in [0.3, 0.4) is 0 Å². The molecule has 19 aromatic rings. The third-order valence-electron chi connectivity index (χ3n) is 24.6. The van der Waals surface area contributed by atoms with Gasteiger partial charge in [0.15, 0.2) is 0 Å². The van der Waals surface area contributed by atoms with Gasteiger partial charge in [-0.15, -0.1) is 0 Å². The molecule has 0 aromatic heterocycles. The van der Waals surface area contributed by atoms with Crippen molar-refractivity contribution in [3.8, 4) is 111 Å². The van der Waals surface area contributed by atoms with Crippen molar-refractivity contribution >= 4 is 77.2 Å². The fourth-order valence-electron chi connectivity index (χ4n) is 18.9. The highest BCUT2D eigenvalue weighted by molar-refractivity contribution is 6.24. The van der Waals surface area contributed by atoms with E-state index in [1.807, 2.05) is 0 Å². The molecule has 0 fully saturated rings. The monoisotopic (exact) mass is 1450 g/mol. The average Bonchev–Trinajstić information content (AvgIpc) is 1.22. The lowest BCUT2D eigenvalue weighted by Crippen LogP contribution is -2.17. The molecule has 0 amide bonds. The first-order valence-corrected chi connectivity index (χ1v) is 39.9. The predicted molar refractivity (Wildman–Crippen MR) is 484 cm³/mol. The molecule has 2 aliphatic rings. The number of hydrogen-bond donors (Lipinski definition) is 0. The van der Waals surface area contributed by atoms with Gasteiger partial charge in [-0.3, -0.25) is 0 Å². The van der Waals surface area contributed by atoms with E-state index < -0.39 is 0 Å². The van der Waals surface area contributed by atoms with Crippen molar-refractivity contribution < 1.29 is 0 Å². The van der Waals surface area contributed by atoms with E-state index in [1.54, 1.807) is 0 Å². The highest BCUT2D eigenvalue weighted by Crippen LogP contribution is 2.58. The summed E-state index contributed by atoms with van der Waals surface area (Å²) in [6.07, 6.45) is 0. The minimum atomic E-state index is -0.289. The highest BCUT2D eigenvalue weighted by atomic mass is 15.2. The number of benzene rings is 19. The number of nitrogens with zero attached hydrogens (tertiary/aromatic N) is 2. The Morgan fingerprint density at radius 3 is 0.728 bits per heavy atom. The van der Waals surface area contributed by atoms with Gasteiger partial charge >= 0.3 is 0 Å². The van der Waals surface area contributed by atoms with Crippen LogP contribution in [0.5, 0.6) is 0 Å². The van der Waals surface area contributed by atoms with E-state index >= 15 is 0 Å². The average molecular weight is 1450 g/mol. The first-order chi connectivity index (χ1) is 56.1. The van der Waals surface area contributed by atoms with Crippen LogP contribution >= 0.6 is 0 Å². The van der Waals surface area contributed by atoms with Gasteiger partial charge in [0.1, 0.15) is 0 Å². The van der Waals surface area contributed by atoms with Gasteiger partial charge in [0.25, 0.3) is 0 Å². The molecule has 114 heavy (non-hydrogen) atoms. The lowest BCUT2D eigenvalue weighted by molar-refractivity contribution is 0.660. The molecule has 0 radical (unpaired) electrons. The van der Waals surface area contributed by atoms with E-state index in [2.05, 4.69) is 450 Å². The summed E-state index contributed by atoms with van der Waals surface area (Å²) in [5.41, 5.74) is 35.4. The fourth-order valence-corrected chi connectivity index (χ4v) is 18.9. The molecule has 0 N–H and O–H groups in total. The molecule has 538 valence electrons. The van der Waals surface area contributed by atoms with Crippen molar-refractivity contribution in [3.05, 3.63) is 435 Å². The van der Waals surface area contributed by atoms with E-state index in [0.29, 0.717) is 0 Å². The van der Waals surface area contributed by atoms with Crippen LogP contribution in [0.2, 0.25) is 0 Å². The third kappa shape index (κ3) is 11.4. The Bertz CT molecular complexity index is 6980. The van der Waals surface area contributed by atoms with Gasteiger partial charge in [0.2, 0.25) is 0 Å². The third-order valence-corrected chi connectivity index (χ3v) is 24.6. The van der Waals surface area contributed by atoms with Crippen LogP contribution in [-0.2, 0) is 10.8 Å². The van der Waals surface area contributed by atoms with Crippen LogP contribution in [0.15, 0.2) is 413 Å². The van der Waals surface area contributed by atoms with Gasteiger partial charge in [-0.2, -0.15) is 0 Å². The minimum Gasteiger partial charge on any atom is -0.309 e. The molecule has 0 saturated heterocycles. The van der Waals surface area contributed by atoms with Crippen LogP contribution in [-0.4, -0.2) is 0 Å². The summed E-state index contributed by atoms with van der Waals surface area (Å²) in [5, 5.41) is 9.62. The quantitative estimate of drug-likeness (QED) is 0.100. The fraction of sp³-hybridized carbons (Fsp3) is 0.0536. The zero-order valence-corrected chi connectivity index (χ0v) is 64.2. The molecule has 0 unspecified atom stereocenters. The summed E-state index contributed by atoms with van der Waals surface area (Å²) < 4.78 is 0. The van der Waals surface area contributed by atoms with Gasteiger partial charge in [0.05, 0.1) is 11.4 Å². The number of fused-ring (bicyclic) bond motifs is 12. The minimum absolute atomic E-state index is 0.280. The Morgan fingerprint density at radius 1 is 0.158 bits per heavy atom. The lowest BCUT2D eigenvalue weighted by atomic mass is 9.81. The van der Waals surface area contributed by atoms with E-state index in [1.165, 1.54) is 143 Å². The summed E-state index contributed by atoms with van der Waals surface area (Å²) >= 11 is 0. The van der Waals surface area contributed by atoms with Crippen LogP contribution in [0.4, 0.5) is 34.1 Å². The van der Waals surface area contributed by atoms with Crippen LogP contribution in [0.25, 0.3) is 154 Å². The molecule has 0 heterocycles. The summed E-state index contributed by atoms with van der Waals surface area (Å²) in [6, 6.07) is 154. The first-order valence-electron chi connectivity index (χ1n) is 39.9. The Morgan fingerprint density at radius 2 is 0.377 bits per heavy atom. The van der Waals surface area contributed by atoms with E-state index in [9.17, 15) is 0 Å². The largest absolute Gasteiger partial charge is 0.309 e. The second-order valence-electron chi connectivity index (χ2n) is 31.8. The Labute approximate surface area is 667 Å². The Hall–Kier alpha value is -14.2. The summed E-state index contributed by atoms with van der Waals surface area (Å²) in [7, 11) is 0. The maximum Gasteiger partial charge on any atom is 0.0624 e. The van der Waals surface area contributed by atoms with Gasteiger partial charge in [-0.05, 0) is 228 Å². The van der Waals surface area contributed by atoms with Crippen molar-refractivity contribution in [2.45, 2.75) is 38.5 Å². The molecule has 2 aliphatic carbocycles. The molecule has 0 atom stereocenters. The van der Waals surface area contributed by atoms with Gasteiger partial charge in [-0.25, -0.2) is 0 Å². The lowest BCUT2D eigenvalue weighted by Gasteiger charge is -2.32. The maximum absolute atomic E-state index is 2.56. The smallest absolute Gasteiger partial charge is 0.0624 e. The summed E-state index contributed by atoms with van der Waals surface area (Å²) in [5.74, 6) is 0. The topological polar surface area (TPSA) is 6.48 Å². The number of anilines is 6.